The number of fused-ring (bicyclic) bond motifs is 3. The van der Waals surface area contributed by atoms with Gasteiger partial charge in [0, 0.05) is 12.0 Å². The molecule has 1 unspecified atom stereocenters. The predicted octanol–water partition coefficient (Wildman–Crippen LogP) is 3.47. The molecular weight excluding hydrogens is 342 g/mol. The Hall–Kier alpha value is -2.96. The summed E-state index contributed by atoms with van der Waals surface area (Å²) in [6, 6.07) is 8.05. The Kier molecular flexibility index (Phi) is 3.63. The van der Waals surface area contributed by atoms with E-state index in [0.29, 0.717) is 35.3 Å². The topological polar surface area (TPSA) is 78.2 Å². The summed E-state index contributed by atoms with van der Waals surface area (Å²) >= 11 is 0. The lowest BCUT2D eigenvalue weighted by Crippen LogP contribution is -2.26. The summed E-state index contributed by atoms with van der Waals surface area (Å²) in [4.78, 5) is 22.4. The molecule has 5 rings (SSSR count). The highest BCUT2D eigenvalue weighted by Crippen LogP contribution is 2.38. The maximum Gasteiger partial charge on any atom is 0.277 e. The second kappa shape index (κ2) is 6.04. The largest absolute Gasteiger partial charge is 0.339 e. The summed E-state index contributed by atoms with van der Waals surface area (Å²) in [6.07, 6.45) is 5.21. The minimum absolute atomic E-state index is 0.0264. The number of para-hydroxylation sites is 2. The number of benzene rings is 1. The molecule has 3 aromatic heterocycles. The molecule has 1 aliphatic rings. The van der Waals surface area contributed by atoms with Gasteiger partial charge < -0.3 is 9.09 Å². The van der Waals surface area contributed by atoms with E-state index in [1.807, 2.05) is 33.2 Å². The number of aromatic nitrogens is 5. The van der Waals surface area contributed by atoms with Crippen molar-refractivity contribution >= 4 is 16.6 Å². The summed E-state index contributed by atoms with van der Waals surface area (Å²) in [5.41, 5.74) is 3.14. The Labute approximate surface area is 155 Å². The van der Waals surface area contributed by atoms with Crippen LogP contribution in [0.1, 0.15) is 62.5 Å². The van der Waals surface area contributed by atoms with Crippen LogP contribution < -0.4 is 5.56 Å². The van der Waals surface area contributed by atoms with Crippen LogP contribution in [0.5, 0.6) is 0 Å². The average molecular weight is 363 g/mol. The quantitative estimate of drug-likeness (QED) is 0.542. The minimum Gasteiger partial charge on any atom is -0.339 e. The van der Waals surface area contributed by atoms with E-state index in [-0.39, 0.29) is 11.6 Å². The fourth-order valence-corrected chi connectivity index (χ4v) is 3.62. The molecule has 0 radical (unpaired) electrons. The van der Waals surface area contributed by atoms with E-state index >= 15 is 0 Å². The van der Waals surface area contributed by atoms with Gasteiger partial charge in [0.1, 0.15) is 11.8 Å². The molecule has 0 amide bonds. The van der Waals surface area contributed by atoms with Crippen molar-refractivity contribution in [2.24, 2.45) is 0 Å². The molecule has 0 bridgehead atoms. The third-order valence-electron chi connectivity index (χ3n) is 5.43. The van der Waals surface area contributed by atoms with Gasteiger partial charge in [-0.2, -0.15) is 4.98 Å². The van der Waals surface area contributed by atoms with E-state index < -0.39 is 0 Å². The molecule has 1 fully saturated rings. The highest BCUT2D eigenvalue weighted by Gasteiger charge is 2.30. The van der Waals surface area contributed by atoms with Gasteiger partial charge in [0.15, 0.2) is 5.82 Å². The molecule has 27 heavy (non-hydrogen) atoms. The molecule has 138 valence electrons. The van der Waals surface area contributed by atoms with Gasteiger partial charge in [-0.1, -0.05) is 24.2 Å². The maximum atomic E-state index is 13.4. The van der Waals surface area contributed by atoms with Crippen LogP contribution in [0.15, 0.2) is 39.9 Å². The van der Waals surface area contributed by atoms with Gasteiger partial charge in [0.05, 0.1) is 23.1 Å². The Morgan fingerprint density at radius 3 is 2.78 bits per heavy atom. The molecule has 7 nitrogen and oxygen atoms in total. The number of rotatable bonds is 5. The monoisotopic (exact) mass is 363 g/mol. The first-order chi connectivity index (χ1) is 13.2. The summed E-state index contributed by atoms with van der Waals surface area (Å²) in [5, 5.41) is 4.08. The molecule has 1 aromatic carbocycles. The van der Waals surface area contributed by atoms with Crippen molar-refractivity contribution in [3.8, 4) is 0 Å². The van der Waals surface area contributed by atoms with E-state index in [4.69, 9.17) is 4.52 Å². The lowest BCUT2D eigenvalue weighted by molar-refractivity contribution is 0.375. The summed E-state index contributed by atoms with van der Waals surface area (Å²) in [7, 11) is 0. The molecule has 0 saturated heterocycles. The first-order valence-electron chi connectivity index (χ1n) is 9.49. The van der Waals surface area contributed by atoms with E-state index in [2.05, 4.69) is 29.0 Å². The second-order valence-corrected chi connectivity index (χ2v) is 7.33. The third kappa shape index (κ3) is 2.57. The molecule has 0 spiro atoms. The van der Waals surface area contributed by atoms with Crippen molar-refractivity contribution in [3.63, 3.8) is 0 Å². The van der Waals surface area contributed by atoms with Crippen molar-refractivity contribution in [2.45, 2.75) is 51.5 Å². The first kappa shape index (κ1) is 16.2. The standard InChI is InChI=1S/C20H21N5O2/c1-3-12(2)25-16-7-5-4-6-15(16)24-11-21-14(18(24)20(25)26)10-17-22-19(27-23-17)13-8-9-13/h4-7,11-13H,3,8-10H2,1-2H3. The van der Waals surface area contributed by atoms with Gasteiger partial charge in [0.2, 0.25) is 5.89 Å². The molecule has 1 atom stereocenters. The highest BCUT2D eigenvalue weighted by atomic mass is 16.5. The van der Waals surface area contributed by atoms with Crippen LogP contribution in [0.3, 0.4) is 0 Å². The van der Waals surface area contributed by atoms with E-state index in [1.54, 1.807) is 6.33 Å². The first-order valence-corrected chi connectivity index (χ1v) is 9.49. The van der Waals surface area contributed by atoms with Crippen molar-refractivity contribution in [1.82, 2.24) is 24.1 Å². The molecule has 0 N–H and O–H groups in total. The minimum atomic E-state index is -0.0264. The zero-order valence-corrected chi connectivity index (χ0v) is 15.4. The fraction of sp³-hybridized carbons (Fsp3) is 0.400. The summed E-state index contributed by atoms with van der Waals surface area (Å²) in [5.74, 6) is 1.70. The van der Waals surface area contributed by atoms with Crippen LogP contribution in [0.4, 0.5) is 0 Å². The zero-order valence-electron chi connectivity index (χ0n) is 15.4. The van der Waals surface area contributed by atoms with Crippen molar-refractivity contribution in [3.05, 3.63) is 58.4 Å². The lowest BCUT2D eigenvalue weighted by atomic mass is 10.2. The van der Waals surface area contributed by atoms with Crippen molar-refractivity contribution in [2.75, 3.05) is 0 Å². The van der Waals surface area contributed by atoms with Crippen LogP contribution >= 0.6 is 0 Å². The van der Waals surface area contributed by atoms with Gasteiger partial charge in [-0.15, -0.1) is 0 Å². The SMILES string of the molecule is CCC(C)n1c(=O)c2c(Cc3noc(C4CC4)n3)ncn2c2ccccc21. The number of imidazole rings is 1. The second-order valence-electron chi connectivity index (χ2n) is 7.33. The van der Waals surface area contributed by atoms with Crippen LogP contribution in [-0.4, -0.2) is 24.1 Å². The fourth-order valence-electron chi connectivity index (χ4n) is 3.62. The van der Waals surface area contributed by atoms with E-state index in [0.717, 1.165) is 30.3 Å². The normalized spacial score (nSPS) is 15.6. The maximum absolute atomic E-state index is 13.4. The van der Waals surface area contributed by atoms with Gasteiger partial charge >= 0.3 is 0 Å². The Bertz CT molecular complexity index is 1200. The van der Waals surface area contributed by atoms with Crippen LogP contribution in [0.25, 0.3) is 16.6 Å². The predicted molar refractivity (Wildman–Crippen MR) is 101 cm³/mol. The molecule has 0 aliphatic heterocycles. The Morgan fingerprint density at radius 1 is 1.26 bits per heavy atom. The van der Waals surface area contributed by atoms with Gasteiger partial charge in [-0.3, -0.25) is 9.20 Å². The number of hydrogen-bond donors (Lipinski definition) is 0. The molecule has 3 heterocycles. The number of hydrogen-bond acceptors (Lipinski definition) is 5. The molecule has 7 heteroatoms. The average Bonchev–Trinajstić information content (AvgIpc) is 3.29. The summed E-state index contributed by atoms with van der Waals surface area (Å²) in [6.45, 7) is 4.16. The molecule has 4 aromatic rings. The van der Waals surface area contributed by atoms with Crippen LogP contribution in [0.2, 0.25) is 0 Å². The summed E-state index contributed by atoms with van der Waals surface area (Å²) < 4.78 is 9.11. The smallest absolute Gasteiger partial charge is 0.277 e. The molecular formula is C20H21N5O2. The van der Waals surface area contributed by atoms with E-state index in [1.165, 1.54) is 0 Å². The molecule has 1 saturated carbocycles. The zero-order chi connectivity index (χ0) is 18.5. The highest BCUT2D eigenvalue weighted by molar-refractivity contribution is 5.79. The van der Waals surface area contributed by atoms with Crippen LogP contribution in [-0.2, 0) is 6.42 Å². The van der Waals surface area contributed by atoms with E-state index in [9.17, 15) is 4.79 Å². The Morgan fingerprint density at radius 2 is 2.04 bits per heavy atom. The van der Waals surface area contributed by atoms with Gasteiger partial charge in [-0.05, 0) is 38.3 Å². The van der Waals surface area contributed by atoms with Gasteiger partial charge in [0.25, 0.3) is 5.56 Å². The van der Waals surface area contributed by atoms with Crippen molar-refractivity contribution in [1.29, 1.82) is 0 Å². The third-order valence-corrected chi connectivity index (χ3v) is 5.43. The number of nitrogens with zero attached hydrogens (tertiary/aromatic N) is 5. The molecule has 1 aliphatic carbocycles. The van der Waals surface area contributed by atoms with Gasteiger partial charge in [-0.25, -0.2) is 4.98 Å². The van der Waals surface area contributed by atoms with Crippen molar-refractivity contribution < 1.29 is 4.52 Å². The van der Waals surface area contributed by atoms with Crippen LogP contribution in [0, 0.1) is 0 Å². The lowest BCUT2D eigenvalue weighted by Gasteiger charge is -2.17. The Balaban J connectivity index is 1.69.